The topological polar surface area (TPSA) is 75.7 Å². The minimum absolute atomic E-state index is 0.353. The molecule has 0 saturated heterocycles. The van der Waals surface area contributed by atoms with Crippen molar-refractivity contribution in [2.24, 2.45) is 0 Å². The first kappa shape index (κ1) is 21.7. The zero-order valence-corrected chi connectivity index (χ0v) is 18.0. The summed E-state index contributed by atoms with van der Waals surface area (Å²) in [5, 5.41) is 3.16. The predicted octanol–water partition coefficient (Wildman–Crippen LogP) is 4.93. The number of hydrogen-bond acceptors (Lipinski definition) is 4. The number of ether oxygens (including phenoxy) is 1. The van der Waals surface area contributed by atoms with Crippen LogP contribution < -0.4 is 14.4 Å². The van der Waals surface area contributed by atoms with Crippen LogP contribution in [0.15, 0.2) is 78.9 Å². The number of amides is 1. The molecule has 1 atom stereocenters. The monoisotopic (exact) mass is 444 g/mol. The molecule has 0 saturated carbocycles. The van der Waals surface area contributed by atoms with Crippen molar-refractivity contribution >= 4 is 38.9 Å². The smallest absolute Gasteiger partial charge is 0.247 e. The number of halogens is 1. The quantitative estimate of drug-likeness (QED) is 0.560. The molecule has 3 rings (SSSR count). The fraction of sp³-hybridized carbons (Fsp3) is 0.136. The van der Waals surface area contributed by atoms with Gasteiger partial charge in [0.25, 0.3) is 0 Å². The van der Waals surface area contributed by atoms with Crippen LogP contribution in [0.25, 0.3) is 0 Å². The number of sulfonamides is 1. The Morgan fingerprint density at radius 2 is 1.60 bits per heavy atom. The maximum Gasteiger partial charge on any atom is 0.247 e. The van der Waals surface area contributed by atoms with Gasteiger partial charge in [0.15, 0.2) is 0 Å². The van der Waals surface area contributed by atoms with Crippen molar-refractivity contribution < 1.29 is 17.9 Å². The molecule has 0 aliphatic carbocycles. The Hall–Kier alpha value is -3.03. The van der Waals surface area contributed by atoms with Gasteiger partial charge in [-0.05, 0) is 61.5 Å². The number of nitrogens with one attached hydrogen (secondary N) is 1. The molecule has 0 bridgehead atoms. The molecule has 1 N–H and O–H groups in total. The Labute approximate surface area is 181 Å². The van der Waals surface area contributed by atoms with Gasteiger partial charge in [0.2, 0.25) is 15.9 Å². The summed E-state index contributed by atoms with van der Waals surface area (Å²) in [7, 11) is -3.73. The molecule has 156 valence electrons. The summed E-state index contributed by atoms with van der Waals surface area (Å²) in [4.78, 5) is 12.7. The third-order valence-corrected chi connectivity index (χ3v) is 5.73. The Morgan fingerprint density at radius 1 is 0.967 bits per heavy atom. The Kier molecular flexibility index (Phi) is 6.64. The van der Waals surface area contributed by atoms with Gasteiger partial charge in [0.05, 0.1) is 11.9 Å². The number of carbonyl (C=O) groups is 1. The lowest BCUT2D eigenvalue weighted by molar-refractivity contribution is -0.116. The highest BCUT2D eigenvalue weighted by Gasteiger charge is 2.29. The Morgan fingerprint density at radius 3 is 2.20 bits per heavy atom. The lowest BCUT2D eigenvalue weighted by Crippen LogP contribution is -2.45. The van der Waals surface area contributed by atoms with Gasteiger partial charge in [-0.3, -0.25) is 9.10 Å². The summed E-state index contributed by atoms with van der Waals surface area (Å²) in [5.41, 5.74) is 0.839. The Bertz CT molecular complexity index is 1120. The van der Waals surface area contributed by atoms with Crippen molar-refractivity contribution in [3.05, 3.63) is 83.9 Å². The molecule has 6 nitrogen and oxygen atoms in total. The number of rotatable bonds is 7. The van der Waals surface area contributed by atoms with E-state index in [0.717, 1.165) is 10.6 Å². The summed E-state index contributed by atoms with van der Waals surface area (Å²) in [5.74, 6) is 0.737. The number of anilines is 2. The normalized spacial score (nSPS) is 12.1. The highest BCUT2D eigenvalue weighted by molar-refractivity contribution is 7.92. The number of carbonyl (C=O) groups excluding carboxylic acids is 1. The van der Waals surface area contributed by atoms with Gasteiger partial charge < -0.3 is 10.1 Å². The molecule has 0 aliphatic rings. The van der Waals surface area contributed by atoms with Crippen molar-refractivity contribution in [2.45, 2.75) is 13.0 Å². The third-order valence-electron chi connectivity index (χ3n) is 4.25. The van der Waals surface area contributed by atoms with Gasteiger partial charge in [-0.15, -0.1) is 0 Å². The minimum Gasteiger partial charge on any atom is -0.457 e. The first-order chi connectivity index (χ1) is 14.2. The second-order valence-corrected chi connectivity index (χ2v) is 8.94. The molecule has 0 aliphatic heterocycles. The molecular weight excluding hydrogens is 424 g/mol. The van der Waals surface area contributed by atoms with Gasteiger partial charge in [0.1, 0.15) is 17.5 Å². The van der Waals surface area contributed by atoms with Crippen molar-refractivity contribution in [3.63, 3.8) is 0 Å². The number of benzene rings is 3. The van der Waals surface area contributed by atoms with E-state index < -0.39 is 22.0 Å². The fourth-order valence-electron chi connectivity index (χ4n) is 2.91. The molecular formula is C22H21ClN2O4S. The van der Waals surface area contributed by atoms with Crippen molar-refractivity contribution in [3.8, 4) is 11.5 Å². The fourth-order valence-corrected chi connectivity index (χ4v) is 4.27. The number of para-hydroxylation sites is 1. The first-order valence-corrected chi connectivity index (χ1v) is 11.4. The predicted molar refractivity (Wildman–Crippen MR) is 120 cm³/mol. The second-order valence-electron chi connectivity index (χ2n) is 6.64. The van der Waals surface area contributed by atoms with Crippen molar-refractivity contribution in [1.29, 1.82) is 0 Å². The van der Waals surface area contributed by atoms with E-state index >= 15 is 0 Å². The van der Waals surface area contributed by atoms with Crippen LogP contribution in [-0.4, -0.2) is 26.6 Å². The van der Waals surface area contributed by atoms with E-state index in [4.69, 9.17) is 16.3 Å². The highest BCUT2D eigenvalue weighted by Crippen LogP contribution is 2.27. The van der Waals surface area contributed by atoms with Crippen molar-refractivity contribution in [2.75, 3.05) is 15.9 Å². The molecule has 0 aromatic heterocycles. The van der Waals surface area contributed by atoms with Crippen LogP contribution in [0.1, 0.15) is 6.92 Å². The van der Waals surface area contributed by atoms with Crippen LogP contribution >= 0.6 is 11.6 Å². The maximum atomic E-state index is 12.7. The van der Waals surface area contributed by atoms with Gasteiger partial charge in [0, 0.05) is 10.7 Å². The molecule has 8 heteroatoms. The zero-order valence-electron chi connectivity index (χ0n) is 16.4. The van der Waals surface area contributed by atoms with E-state index in [-0.39, 0.29) is 0 Å². The van der Waals surface area contributed by atoms with Crippen LogP contribution in [0, 0.1) is 0 Å². The van der Waals surface area contributed by atoms with E-state index in [0.29, 0.717) is 27.9 Å². The summed E-state index contributed by atoms with van der Waals surface area (Å²) >= 11 is 5.94. The number of hydrogen-bond donors (Lipinski definition) is 1. The van der Waals surface area contributed by atoms with Gasteiger partial charge in [-0.2, -0.15) is 0 Å². The van der Waals surface area contributed by atoms with E-state index in [2.05, 4.69) is 5.32 Å². The second kappa shape index (κ2) is 9.19. The van der Waals surface area contributed by atoms with E-state index in [1.807, 2.05) is 30.3 Å². The summed E-state index contributed by atoms with van der Waals surface area (Å²) in [6, 6.07) is 21.4. The largest absolute Gasteiger partial charge is 0.457 e. The summed E-state index contributed by atoms with van der Waals surface area (Å²) in [6.07, 6.45) is 1.06. The summed E-state index contributed by atoms with van der Waals surface area (Å²) < 4.78 is 31.7. The van der Waals surface area contributed by atoms with Crippen LogP contribution in [0.4, 0.5) is 11.4 Å². The molecule has 1 unspecified atom stereocenters. The van der Waals surface area contributed by atoms with Crippen LogP contribution in [0.2, 0.25) is 5.02 Å². The Balaban J connectivity index is 1.80. The average molecular weight is 445 g/mol. The third kappa shape index (κ3) is 5.52. The SMILES string of the molecule is CC(C(=O)Nc1cccc(Cl)c1)N(c1ccc(Oc2ccccc2)cc1)S(C)(=O)=O. The molecule has 0 heterocycles. The maximum absolute atomic E-state index is 12.7. The summed E-state index contributed by atoms with van der Waals surface area (Å²) in [6.45, 7) is 1.52. The lowest BCUT2D eigenvalue weighted by Gasteiger charge is -2.28. The highest BCUT2D eigenvalue weighted by atomic mass is 35.5. The van der Waals surface area contributed by atoms with E-state index in [9.17, 15) is 13.2 Å². The molecule has 3 aromatic rings. The molecule has 30 heavy (non-hydrogen) atoms. The molecule has 1 amide bonds. The van der Waals surface area contributed by atoms with Gasteiger partial charge in [-0.1, -0.05) is 35.9 Å². The van der Waals surface area contributed by atoms with Crippen LogP contribution in [0.3, 0.4) is 0 Å². The van der Waals surface area contributed by atoms with E-state index in [1.165, 1.54) is 6.92 Å². The van der Waals surface area contributed by atoms with Crippen molar-refractivity contribution in [1.82, 2.24) is 0 Å². The zero-order chi connectivity index (χ0) is 21.7. The molecule has 3 aromatic carbocycles. The molecule has 0 fully saturated rings. The minimum atomic E-state index is -3.73. The van der Waals surface area contributed by atoms with Crippen LogP contribution in [0.5, 0.6) is 11.5 Å². The first-order valence-electron chi connectivity index (χ1n) is 9.13. The van der Waals surface area contributed by atoms with E-state index in [1.54, 1.807) is 48.5 Å². The van der Waals surface area contributed by atoms with Gasteiger partial charge in [-0.25, -0.2) is 8.42 Å². The average Bonchev–Trinajstić information content (AvgIpc) is 2.69. The van der Waals surface area contributed by atoms with Crippen LogP contribution in [-0.2, 0) is 14.8 Å². The van der Waals surface area contributed by atoms with Gasteiger partial charge >= 0.3 is 0 Å². The standard InChI is InChI=1S/C22H21ClN2O4S/c1-16(22(26)24-18-8-6-7-17(23)15-18)25(30(2,27)28)19-11-13-21(14-12-19)29-20-9-4-3-5-10-20/h3-16H,1-2H3,(H,24,26). The number of nitrogens with zero attached hydrogens (tertiary/aromatic N) is 1. The lowest BCUT2D eigenvalue weighted by atomic mass is 10.2. The molecule has 0 spiro atoms. The molecule has 0 radical (unpaired) electrons.